The number of nitrogens with zero attached hydrogens (tertiary/aromatic N) is 4. The minimum absolute atomic E-state index is 0.348. The van der Waals surface area contributed by atoms with Crippen molar-refractivity contribution < 1.29 is 9.90 Å². The Kier molecular flexibility index (Phi) is 4.12. The summed E-state index contributed by atoms with van der Waals surface area (Å²) in [6, 6.07) is 6.68. The van der Waals surface area contributed by atoms with Gasteiger partial charge in [0.15, 0.2) is 6.04 Å². The van der Waals surface area contributed by atoms with Gasteiger partial charge in [0.05, 0.1) is 6.20 Å². The van der Waals surface area contributed by atoms with Crippen molar-refractivity contribution in [2.24, 2.45) is 10.2 Å². The molecule has 0 saturated heterocycles. The minimum atomic E-state index is -0.973. The molecule has 6 nitrogen and oxygen atoms in total. The van der Waals surface area contributed by atoms with Crippen molar-refractivity contribution >= 4 is 22.6 Å². The summed E-state index contributed by atoms with van der Waals surface area (Å²) in [5.41, 5.74) is 0. The number of carboxylic acid groups (broad SMARTS) is 1. The van der Waals surface area contributed by atoms with Crippen molar-refractivity contribution in [3.05, 3.63) is 30.5 Å². The number of rotatable bonds is 5. The van der Waals surface area contributed by atoms with Gasteiger partial charge in [0.25, 0.3) is 0 Å². The predicted octanol–water partition coefficient (Wildman–Crippen LogP) is 2.97. The lowest BCUT2D eigenvalue weighted by atomic mass is 10.2. The Morgan fingerprint density at radius 1 is 1.42 bits per heavy atom. The molecule has 0 aliphatic rings. The molecule has 0 radical (unpaired) electrons. The van der Waals surface area contributed by atoms with Crippen LogP contribution in [0.25, 0.3) is 10.8 Å². The molecule has 0 spiro atoms. The average Bonchev–Trinajstić information content (AvgIpc) is 2.43. The summed E-state index contributed by atoms with van der Waals surface area (Å²) in [6.45, 7) is 1.91. The van der Waals surface area contributed by atoms with Crippen molar-refractivity contribution in [1.29, 1.82) is 0 Å². The first-order valence-corrected chi connectivity index (χ1v) is 6.06. The summed E-state index contributed by atoms with van der Waals surface area (Å²) < 4.78 is 0. The lowest BCUT2D eigenvalue weighted by Crippen LogP contribution is -2.16. The van der Waals surface area contributed by atoms with E-state index in [4.69, 9.17) is 5.11 Å². The summed E-state index contributed by atoms with van der Waals surface area (Å²) in [5.74, 6) is -0.626. The van der Waals surface area contributed by atoms with Crippen molar-refractivity contribution in [3.63, 3.8) is 0 Å². The van der Waals surface area contributed by atoms with Crippen LogP contribution in [-0.4, -0.2) is 27.3 Å². The first-order valence-electron chi connectivity index (χ1n) is 6.06. The molecular weight excluding hydrogens is 244 g/mol. The predicted molar refractivity (Wildman–Crippen MR) is 70.4 cm³/mol. The van der Waals surface area contributed by atoms with Crippen LogP contribution in [-0.2, 0) is 4.79 Å². The maximum atomic E-state index is 11.0. The quantitative estimate of drug-likeness (QED) is 0.835. The Morgan fingerprint density at radius 2 is 2.21 bits per heavy atom. The molecule has 0 aliphatic heterocycles. The molecule has 0 fully saturated rings. The van der Waals surface area contributed by atoms with Gasteiger partial charge in [-0.25, -0.2) is 4.79 Å². The fraction of sp³-hybridized carbons (Fsp3) is 0.308. The summed E-state index contributed by atoms with van der Waals surface area (Å²) in [7, 11) is 0. The van der Waals surface area contributed by atoms with Gasteiger partial charge >= 0.3 is 5.97 Å². The fourth-order valence-electron chi connectivity index (χ4n) is 1.72. The largest absolute Gasteiger partial charge is 0.480 e. The van der Waals surface area contributed by atoms with Crippen LogP contribution in [0.2, 0.25) is 0 Å². The molecule has 0 amide bonds. The van der Waals surface area contributed by atoms with Gasteiger partial charge < -0.3 is 5.11 Å². The van der Waals surface area contributed by atoms with E-state index >= 15 is 0 Å². The van der Waals surface area contributed by atoms with E-state index in [1.54, 1.807) is 6.20 Å². The number of aliphatic carboxylic acids is 1. The molecule has 1 atom stereocenters. The van der Waals surface area contributed by atoms with E-state index in [2.05, 4.69) is 20.4 Å². The van der Waals surface area contributed by atoms with Crippen LogP contribution in [0.4, 0.5) is 5.82 Å². The van der Waals surface area contributed by atoms with Gasteiger partial charge in [0.1, 0.15) is 0 Å². The highest BCUT2D eigenvalue weighted by Crippen LogP contribution is 2.22. The second-order valence-electron chi connectivity index (χ2n) is 4.11. The summed E-state index contributed by atoms with van der Waals surface area (Å²) in [4.78, 5) is 11.0. The van der Waals surface area contributed by atoms with Gasteiger partial charge in [0, 0.05) is 10.8 Å². The number of benzene rings is 1. The van der Waals surface area contributed by atoms with E-state index in [1.807, 2.05) is 31.2 Å². The number of carbonyl (C=O) groups is 1. The number of hydrogen-bond acceptors (Lipinski definition) is 5. The van der Waals surface area contributed by atoms with Gasteiger partial charge in [-0.15, -0.1) is 10.2 Å². The third kappa shape index (κ3) is 3.09. The summed E-state index contributed by atoms with van der Waals surface area (Å²) >= 11 is 0. The van der Waals surface area contributed by atoms with Crippen molar-refractivity contribution in [2.45, 2.75) is 25.8 Å². The molecule has 19 heavy (non-hydrogen) atoms. The molecule has 1 aromatic carbocycles. The Labute approximate surface area is 110 Å². The van der Waals surface area contributed by atoms with Crippen LogP contribution < -0.4 is 0 Å². The van der Waals surface area contributed by atoms with E-state index in [-0.39, 0.29) is 0 Å². The molecule has 2 aromatic rings. The Morgan fingerprint density at radius 3 is 2.95 bits per heavy atom. The van der Waals surface area contributed by atoms with E-state index in [0.717, 1.165) is 17.2 Å². The van der Waals surface area contributed by atoms with Gasteiger partial charge in [-0.3, -0.25) is 0 Å². The number of aromatic nitrogens is 2. The third-order valence-electron chi connectivity index (χ3n) is 2.69. The van der Waals surface area contributed by atoms with Crippen LogP contribution in [0.5, 0.6) is 0 Å². The highest BCUT2D eigenvalue weighted by Gasteiger charge is 2.15. The van der Waals surface area contributed by atoms with Gasteiger partial charge in [-0.1, -0.05) is 37.6 Å². The average molecular weight is 258 g/mol. The minimum Gasteiger partial charge on any atom is -0.480 e. The molecular formula is C13H14N4O2. The molecule has 1 unspecified atom stereocenters. The highest BCUT2D eigenvalue weighted by molar-refractivity contribution is 5.89. The SMILES string of the molecule is CCCC(N=Nc1nncc2ccccc12)C(=O)O. The van der Waals surface area contributed by atoms with Crippen LogP contribution in [0.15, 0.2) is 40.7 Å². The monoisotopic (exact) mass is 258 g/mol. The zero-order chi connectivity index (χ0) is 13.7. The maximum Gasteiger partial charge on any atom is 0.330 e. The first-order chi connectivity index (χ1) is 9.22. The van der Waals surface area contributed by atoms with E-state index in [1.165, 1.54) is 0 Å². The molecule has 1 aromatic heterocycles. The first kappa shape index (κ1) is 13.1. The van der Waals surface area contributed by atoms with Gasteiger partial charge in [-0.2, -0.15) is 10.2 Å². The summed E-state index contributed by atoms with van der Waals surface area (Å²) in [5, 5.41) is 26.2. The number of hydrogen-bond donors (Lipinski definition) is 1. The standard InChI is InChI=1S/C13H14N4O2/c1-2-5-11(13(18)19)15-17-12-10-7-4-3-6-9(10)8-14-16-12/h3-4,6-8,11H,2,5H2,1H3,(H,18,19). The lowest BCUT2D eigenvalue weighted by molar-refractivity contribution is -0.138. The maximum absolute atomic E-state index is 11.0. The van der Waals surface area contributed by atoms with Gasteiger partial charge in [-0.05, 0) is 6.42 Å². The molecule has 2 rings (SSSR count). The number of fused-ring (bicyclic) bond motifs is 1. The van der Waals surface area contributed by atoms with Gasteiger partial charge in [0.2, 0.25) is 5.82 Å². The Hall–Kier alpha value is -2.37. The zero-order valence-electron chi connectivity index (χ0n) is 10.5. The third-order valence-corrected chi connectivity index (χ3v) is 2.69. The second kappa shape index (κ2) is 5.99. The van der Waals surface area contributed by atoms with E-state index in [9.17, 15) is 4.79 Å². The smallest absolute Gasteiger partial charge is 0.330 e. The molecule has 0 aliphatic carbocycles. The van der Waals surface area contributed by atoms with Crippen molar-refractivity contribution in [3.8, 4) is 0 Å². The lowest BCUT2D eigenvalue weighted by Gasteiger charge is -2.03. The molecule has 6 heteroatoms. The zero-order valence-corrected chi connectivity index (χ0v) is 10.5. The van der Waals surface area contributed by atoms with E-state index < -0.39 is 12.0 Å². The summed E-state index contributed by atoms with van der Waals surface area (Å²) in [6.07, 6.45) is 2.82. The van der Waals surface area contributed by atoms with Crippen LogP contribution in [0.3, 0.4) is 0 Å². The van der Waals surface area contributed by atoms with Crippen molar-refractivity contribution in [2.75, 3.05) is 0 Å². The molecule has 98 valence electrons. The molecule has 1 heterocycles. The fourth-order valence-corrected chi connectivity index (χ4v) is 1.72. The number of azo groups is 1. The number of carboxylic acids is 1. The molecule has 1 N–H and O–H groups in total. The Balaban J connectivity index is 2.32. The normalized spacial score (nSPS) is 12.9. The van der Waals surface area contributed by atoms with E-state index in [0.29, 0.717) is 12.2 Å². The topological polar surface area (TPSA) is 87.8 Å². The van der Waals surface area contributed by atoms with Crippen molar-refractivity contribution in [1.82, 2.24) is 10.2 Å². The molecule has 0 bridgehead atoms. The van der Waals surface area contributed by atoms with Crippen LogP contribution in [0, 0.1) is 0 Å². The molecule has 0 saturated carbocycles. The van der Waals surface area contributed by atoms with Crippen LogP contribution in [0.1, 0.15) is 19.8 Å². The Bertz CT molecular complexity index is 607. The highest BCUT2D eigenvalue weighted by atomic mass is 16.4. The van der Waals surface area contributed by atoms with Crippen LogP contribution >= 0.6 is 0 Å². The second-order valence-corrected chi connectivity index (χ2v) is 4.11.